The van der Waals surface area contributed by atoms with E-state index in [1.807, 2.05) is 63.5 Å². The summed E-state index contributed by atoms with van der Waals surface area (Å²) in [6, 6.07) is 15.2. The normalized spacial score (nSPS) is 12.2. The molecule has 1 heterocycles. The van der Waals surface area contributed by atoms with Crippen LogP contribution in [0, 0.1) is 12.8 Å². The van der Waals surface area contributed by atoms with E-state index in [9.17, 15) is 14.8 Å². The number of amides is 1. The third kappa shape index (κ3) is 7.17. The standard InChI is InChI=1S/C26H32N2O5/c1-18-5-9-20-16-22(26(30)33-24(20)15-18)17-21(25(29)27-31)10-6-19-7-11-23(12-8-19)32-14-4-13-28(2)3/h5,7-9,11-12,15-16,21,31H,4,6,10,13-14,17H2,1-3H3,(H,27,29). The zero-order valence-corrected chi connectivity index (χ0v) is 19.5. The SMILES string of the molecule is Cc1ccc2cc(CC(CCc3ccc(OCCCN(C)C)cc3)C(=O)NO)c(=O)oc2c1. The van der Waals surface area contributed by atoms with Crippen LogP contribution in [-0.2, 0) is 17.6 Å². The minimum Gasteiger partial charge on any atom is -0.494 e. The summed E-state index contributed by atoms with van der Waals surface area (Å²) in [5, 5.41) is 10.0. The highest BCUT2D eigenvalue weighted by Gasteiger charge is 2.21. The van der Waals surface area contributed by atoms with Gasteiger partial charge in [-0.2, -0.15) is 0 Å². The van der Waals surface area contributed by atoms with Gasteiger partial charge in [-0.25, -0.2) is 10.3 Å². The van der Waals surface area contributed by atoms with Crippen molar-refractivity contribution in [3.8, 4) is 5.75 Å². The van der Waals surface area contributed by atoms with Crippen molar-refractivity contribution in [1.82, 2.24) is 10.4 Å². The number of carbonyl (C=O) groups is 1. The first kappa shape index (κ1) is 24.5. The van der Waals surface area contributed by atoms with Gasteiger partial charge in [0.05, 0.1) is 6.61 Å². The zero-order chi connectivity index (χ0) is 23.8. The lowest BCUT2D eigenvalue weighted by Gasteiger charge is -2.15. The number of hydrogen-bond acceptors (Lipinski definition) is 6. The Balaban J connectivity index is 1.63. The summed E-state index contributed by atoms with van der Waals surface area (Å²) >= 11 is 0. The number of nitrogens with zero attached hydrogens (tertiary/aromatic N) is 1. The van der Waals surface area contributed by atoms with Crippen molar-refractivity contribution in [3.63, 3.8) is 0 Å². The van der Waals surface area contributed by atoms with E-state index in [1.54, 1.807) is 11.5 Å². The fourth-order valence-corrected chi connectivity index (χ4v) is 3.75. The highest BCUT2D eigenvalue weighted by Crippen LogP contribution is 2.20. The van der Waals surface area contributed by atoms with Crippen LogP contribution in [0.5, 0.6) is 5.75 Å². The maximum Gasteiger partial charge on any atom is 0.339 e. The molecule has 0 saturated carbocycles. The van der Waals surface area contributed by atoms with Crippen LogP contribution >= 0.6 is 0 Å². The molecule has 176 valence electrons. The first-order chi connectivity index (χ1) is 15.9. The van der Waals surface area contributed by atoms with Crippen LogP contribution in [0.3, 0.4) is 0 Å². The van der Waals surface area contributed by atoms with E-state index in [2.05, 4.69) is 4.90 Å². The van der Waals surface area contributed by atoms with Gasteiger partial charge in [-0.3, -0.25) is 10.0 Å². The average molecular weight is 453 g/mol. The maximum atomic E-state index is 12.5. The topological polar surface area (TPSA) is 92.0 Å². The zero-order valence-electron chi connectivity index (χ0n) is 19.5. The van der Waals surface area contributed by atoms with Crippen LogP contribution in [-0.4, -0.2) is 43.3 Å². The molecule has 0 aliphatic carbocycles. The Bertz CT molecular complexity index is 1120. The van der Waals surface area contributed by atoms with Gasteiger partial charge in [0.15, 0.2) is 0 Å². The predicted molar refractivity (Wildman–Crippen MR) is 128 cm³/mol. The van der Waals surface area contributed by atoms with Gasteiger partial charge in [0.2, 0.25) is 5.91 Å². The lowest BCUT2D eigenvalue weighted by Crippen LogP contribution is -2.31. The van der Waals surface area contributed by atoms with Crippen molar-refractivity contribution in [2.24, 2.45) is 5.92 Å². The third-order valence-electron chi connectivity index (χ3n) is 5.63. The smallest absolute Gasteiger partial charge is 0.339 e. The molecule has 3 rings (SSSR count). The first-order valence-corrected chi connectivity index (χ1v) is 11.2. The number of hydrogen-bond donors (Lipinski definition) is 2. The molecule has 1 atom stereocenters. The summed E-state index contributed by atoms with van der Waals surface area (Å²) in [6.07, 6.45) is 2.23. The molecule has 1 aromatic heterocycles. The van der Waals surface area contributed by atoms with Crippen molar-refractivity contribution < 1.29 is 19.2 Å². The molecule has 1 unspecified atom stereocenters. The van der Waals surface area contributed by atoms with Crippen molar-refractivity contribution >= 4 is 16.9 Å². The van der Waals surface area contributed by atoms with Crippen LogP contribution < -0.4 is 15.8 Å². The van der Waals surface area contributed by atoms with Gasteiger partial charge < -0.3 is 14.1 Å². The molecule has 2 aromatic carbocycles. The summed E-state index contributed by atoms with van der Waals surface area (Å²) in [4.78, 5) is 26.9. The second kappa shape index (κ2) is 11.6. The fraction of sp³-hybridized carbons (Fsp3) is 0.385. The Labute approximate surface area is 193 Å². The van der Waals surface area contributed by atoms with E-state index in [-0.39, 0.29) is 6.42 Å². The van der Waals surface area contributed by atoms with E-state index in [0.29, 0.717) is 30.6 Å². The Kier molecular flexibility index (Phi) is 8.63. The number of rotatable bonds is 11. The quantitative estimate of drug-likeness (QED) is 0.199. The maximum absolute atomic E-state index is 12.5. The molecule has 0 aliphatic heterocycles. The lowest BCUT2D eigenvalue weighted by atomic mass is 9.92. The van der Waals surface area contributed by atoms with Crippen molar-refractivity contribution in [2.75, 3.05) is 27.2 Å². The molecule has 7 heteroatoms. The van der Waals surface area contributed by atoms with Gasteiger partial charge in [0, 0.05) is 23.4 Å². The molecule has 3 aromatic rings. The molecular weight excluding hydrogens is 420 g/mol. The van der Waals surface area contributed by atoms with Gasteiger partial charge in [-0.05, 0) is 82.1 Å². The Morgan fingerprint density at radius 3 is 2.61 bits per heavy atom. The molecule has 0 saturated heterocycles. The molecular formula is C26H32N2O5. The Hall–Kier alpha value is -3.16. The summed E-state index contributed by atoms with van der Waals surface area (Å²) in [7, 11) is 4.07. The van der Waals surface area contributed by atoms with Crippen LogP contribution in [0.2, 0.25) is 0 Å². The highest BCUT2D eigenvalue weighted by molar-refractivity contribution is 5.79. The predicted octanol–water partition coefficient (Wildman–Crippen LogP) is 3.73. The van der Waals surface area contributed by atoms with Crippen LogP contribution in [0.1, 0.15) is 29.5 Å². The number of hydroxylamine groups is 1. The van der Waals surface area contributed by atoms with Gasteiger partial charge in [0.25, 0.3) is 0 Å². The monoisotopic (exact) mass is 452 g/mol. The molecule has 0 aliphatic rings. The summed E-state index contributed by atoms with van der Waals surface area (Å²) in [6.45, 7) is 3.56. The average Bonchev–Trinajstić information content (AvgIpc) is 2.80. The number of benzene rings is 2. The second-order valence-corrected chi connectivity index (χ2v) is 8.67. The number of carbonyl (C=O) groups excluding carboxylic acids is 1. The number of fused-ring (bicyclic) bond motifs is 1. The summed E-state index contributed by atoms with van der Waals surface area (Å²) < 4.78 is 11.2. The molecule has 0 bridgehead atoms. The molecule has 0 spiro atoms. The Morgan fingerprint density at radius 2 is 1.91 bits per heavy atom. The van der Waals surface area contributed by atoms with E-state index >= 15 is 0 Å². The minimum absolute atomic E-state index is 0.186. The number of nitrogens with one attached hydrogen (secondary N) is 1. The molecule has 0 radical (unpaired) electrons. The van der Waals surface area contributed by atoms with Crippen LogP contribution in [0.15, 0.2) is 57.7 Å². The van der Waals surface area contributed by atoms with E-state index < -0.39 is 17.5 Å². The summed E-state index contributed by atoms with van der Waals surface area (Å²) in [5.41, 5.74) is 4.27. The molecule has 0 fully saturated rings. The van der Waals surface area contributed by atoms with Crippen LogP contribution in [0.4, 0.5) is 0 Å². The van der Waals surface area contributed by atoms with Crippen molar-refractivity contribution in [2.45, 2.75) is 32.6 Å². The number of aryl methyl sites for hydroxylation is 2. The van der Waals surface area contributed by atoms with Gasteiger partial charge in [0.1, 0.15) is 11.3 Å². The lowest BCUT2D eigenvalue weighted by molar-refractivity contribution is -0.133. The van der Waals surface area contributed by atoms with Gasteiger partial charge in [-0.1, -0.05) is 24.3 Å². The Morgan fingerprint density at radius 1 is 1.15 bits per heavy atom. The van der Waals surface area contributed by atoms with E-state index in [4.69, 9.17) is 9.15 Å². The highest BCUT2D eigenvalue weighted by atomic mass is 16.5. The summed E-state index contributed by atoms with van der Waals surface area (Å²) in [5.74, 6) is -0.270. The number of ether oxygens (including phenoxy) is 1. The van der Waals surface area contributed by atoms with E-state index in [1.165, 1.54) is 0 Å². The molecule has 2 N–H and O–H groups in total. The van der Waals surface area contributed by atoms with Crippen molar-refractivity contribution in [1.29, 1.82) is 0 Å². The van der Waals surface area contributed by atoms with Gasteiger partial charge >= 0.3 is 5.63 Å². The fourth-order valence-electron chi connectivity index (χ4n) is 3.75. The minimum atomic E-state index is -0.567. The van der Waals surface area contributed by atoms with Gasteiger partial charge in [-0.15, -0.1) is 0 Å². The largest absolute Gasteiger partial charge is 0.494 e. The molecule has 33 heavy (non-hydrogen) atoms. The van der Waals surface area contributed by atoms with Crippen LogP contribution in [0.25, 0.3) is 11.0 Å². The third-order valence-corrected chi connectivity index (χ3v) is 5.63. The molecule has 1 amide bonds. The van der Waals surface area contributed by atoms with Crippen molar-refractivity contribution in [3.05, 3.63) is 75.6 Å². The second-order valence-electron chi connectivity index (χ2n) is 8.67. The van der Waals surface area contributed by atoms with E-state index in [0.717, 1.165) is 35.2 Å². The molecule has 7 nitrogen and oxygen atoms in total. The first-order valence-electron chi connectivity index (χ1n) is 11.2.